The van der Waals surface area contributed by atoms with E-state index in [0.29, 0.717) is 18.5 Å². The highest BCUT2D eigenvalue weighted by Crippen LogP contribution is 2.31. The molecule has 0 N–H and O–H groups in total. The van der Waals surface area contributed by atoms with Gasteiger partial charge in [0, 0.05) is 24.4 Å². The number of amides is 1. The third-order valence-electron chi connectivity index (χ3n) is 6.28. The molecule has 1 amide bonds. The molecule has 0 spiro atoms. The zero-order chi connectivity index (χ0) is 22.7. The molecule has 32 heavy (non-hydrogen) atoms. The average Bonchev–Trinajstić information content (AvgIpc) is 3.45. The summed E-state index contributed by atoms with van der Waals surface area (Å²) < 4.78 is 38.7. The van der Waals surface area contributed by atoms with Crippen LogP contribution >= 0.6 is 0 Å². The molecule has 1 unspecified atom stereocenters. The Balaban J connectivity index is 1.47. The highest BCUT2D eigenvalue weighted by molar-refractivity contribution is 6.02. The Hall–Kier alpha value is -2.83. The number of carbonyl (C=O) groups excluding carboxylic acids is 1. The smallest absolute Gasteiger partial charge is 0.390 e. The first kappa shape index (κ1) is 22.4. The third kappa shape index (κ3) is 5.14. The fourth-order valence-corrected chi connectivity index (χ4v) is 4.51. The number of carbonyl (C=O) groups is 1. The van der Waals surface area contributed by atoms with Gasteiger partial charge in [-0.3, -0.25) is 4.79 Å². The summed E-state index contributed by atoms with van der Waals surface area (Å²) in [6.07, 6.45) is -0.275. The van der Waals surface area contributed by atoms with E-state index in [1.54, 1.807) is 4.90 Å². The molecule has 1 fully saturated rings. The van der Waals surface area contributed by atoms with Crippen molar-refractivity contribution in [1.29, 1.82) is 0 Å². The Kier molecular flexibility index (Phi) is 6.53. The van der Waals surface area contributed by atoms with Gasteiger partial charge >= 0.3 is 6.18 Å². The molecule has 1 aliphatic carbocycles. The zero-order valence-electron chi connectivity index (χ0n) is 18.1. The Labute approximate surface area is 186 Å². The lowest BCUT2D eigenvalue weighted by molar-refractivity contribution is -0.138. The quantitative estimate of drug-likeness (QED) is 0.571. The first-order valence-electron chi connectivity index (χ1n) is 11.0. The minimum atomic E-state index is -4.38. The van der Waals surface area contributed by atoms with E-state index in [1.165, 1.54) is 12.1 Å². The van der Waals surface area contributed by atoms with Gasteiger partial charge in [0.15, 0.2) is 6.10 Å². The summed E-state index contributed by atoms with van der Waals surface area (Å²) in [5.74, 6) is 0.0259. The van der Waals surface area contributed by atoms with Crippen LogP contribution < -0.4 is 0 Å². The van der Waals surface area contributed by atoms with Gasteiger partial charge in [0.2, 0.25) is 5.91 Å². The van der Waals surface area contributed by atoms with E-state index in [4.69, 9.17) is 4.84 Å². The molecule has 7 heteroatoms. The molecule has 1 saturated carbocycles. The highest BCUT2D eigenvalue weighted by Gasteiger charge is 2.33. The lowest BCUT2D eigenvalue weighted by atomic mass is 9.99. The van der Waals surface area contributed by atoms with Crippen molar-refractivity contribution in [2.75, 3.05) is 6.54 Å². The second kappa shape index (κ2) is 9.35. The molecule has 4 rings (SSSR count). The summed E-state index contributed by atoms with van der Waals surface area (Å²) in [5, 5.41) is 4.26. The SMILES string of the molecule is Cc1ccccc1C1=NOC(CN(Cc2ccc(C(F)(F)F)cc2)C(=O)C2CCCC2)C1. The molecular weight excluding hydrogens is 417 g/mol. The zero-order valence-corrected chi connectivity index (χ0v) is 18.1. The van der Waals surface area contributed by atoms with E-state index in [1.807, 2.05) is 31.2 Å². The number of aryl methyl sites for hydroxylation is 1. The average molecular weight is 444 g/mol. The number of rotatable bonds is 6. The van der Waals surface area contributed by atoms with Crippen LogP contribution in [0, 0.1) is 12.8 Å². The maximum absolute atomic E-state index is 13.2. The number of hydrogen-bond donors (Lipinski definition) is 0. The lowest BCUT2D eigenvalue weighted by Crippen LogP contribution is -2.40. The van der Waals surface area contributed by atoms with Gasteiger partial charge < -0.3 is 9.74 Å². The van der Waals surface area contributed by atoms with Crippen LogP contribution in [0.15, 0.2) is 53.7 Å². The molecule has 0 saturated heterocycles. The highest BCUT2D eigenvalue weighted by atomic mass is 19.4. The van der Waals surface area contributed by atoms with E-state index in [9.17, 15) is 18.0 Å². The Morgan fingerprint density at radius 2 is 1.78 bits per heavy atom. The molecule has 2 aromatic carbocycles. The van der Waals surface area contributed by atoms with Gasteiger partial charge in [-0.25, -0.2) is 0 Å². The molecule has 4 nitrogen and oxygen atoms in total. The molecule has 2 aliphatic rings. The molecule has 0 aromatic heterocycles. The molecular formula is C25H27F3N2O2. The Morgan fingerprint density at radius 3 is 2.44 bits per heavy atom. The van der Waals surface area contributed by atoms with E-state index in [0.717, 1.165) is 54.7 Å². The molecule has 0 radical (unpaired) electrons. The minimum Gasteiger partial charge on any atom is -0.390 e. The van der Waals surface area contributed by atoms with Gasteiger partial charge in [-0.15, -0.1) is 0 Å². The monoisotopic (exact) mass is 444 g/mol. The standard InChI is InChI=1S/C25H27F3N2O2/c1-17-6-2-5-9-22(17)23-14-21(32-29-23)16-30(24(31)19-7-3-4-8-19)15-18-10-12-20(13-11-18)25(26,27)28/h2,5-6,9-13,19,21H,3-4,7-8,14-16H2,1H3. The van der Waals surface area contributed by atoms with Crippen LogP contribution in [-0.2, 0) is 22.4 Å². The van der Waals surface area contributed by atoms with Crippen molar-refractivity contribution in [1.82, 2.24) is 4.90 Å². The number of alkyl halides is 3. The predicted molar refractivity (Wildman–Crippen MR) is 116 cm³/mol. The Morgan fingerprint density at radius 1 is 1.09 bits per heavy atom. The van der Waals surface area contributed by atoms with Crippen LogP contribution in [0.2, 0.25) is 0 Å². The molecule has 1 atom stereocenters. The van der Waals surface area contributed by atoms with E-state index in [2.05, 4.69) is 5.16 Å². The first-order chi connectivity index (χ1) is 15.3. The fourth-order valence-electron chi connectivity index (χ4n) is 4.51. The number of nitrogens with zero attached hydrogens (tertiary/aromatic N) is 2. The normalized spacial score (nSPS) is 19.0. The number of benzene rings is 2. The van der Waals surface area contributed by atoms with Gasteiger partial charge in [-0.05, 0) is 43.0 Å². The van der Waals surface area contributed by atoms with Crippen LogP contribution in [0.1, 0.15) is 54.4 Å². The number of oxime groups is 1. The molecule has 0 bridgehead atoms. The van der Waals surface area contributed by atoms with E-state index >= 15 is 0 Å². The van der Waals surface area contributed by atoms with Crippen LogP contribution in [0.25, 0.3) is 0 Å². The summed E-state index contributed by atoms with van der Waals surface area (Å²) in [6.45, 7) is 2.63. The summed E-state index contributed by atoms with van der Waals surface area (Å²) in [7, 11) is 0. The summed E-state index contributed by atoms with van der Waals surface area (Å²) in [4.78, 5) is 20.6. The van der Waals surface area contributed by atoms with Crippen LogP contribution in [0.5, 0.6) is 0 Å². The van der Waals surface area contributed by atoms with Gasteiger partial charge in [-0.2, -0.15) is 13.2 Å². The summed E-state index contributed by atoms with van der Waals surface area (Å²) in [5.41, 5.74) is 2.98. The predicted octanol–water partition coefficient (Wildman–Crippen LogP) is 5.73. The summed E-state index contributed by atoms with van der Waals surface area (Å²) >= 11 is 0. The second-order valence-electron chi connectivity index (χ2n) is 8.68. The van der Waals surface area contributed by atoms with Crippen molar-refractivity contribution in [3.05, 3.63) is 70.8 Å². The number of hydrogen-bond acceptors (Lipinski definition) is 3. The van der Waals surface area contributed by atoms with Crippen molar-refractivity contribution in [3.8, 4) is 0 Å². The van der Waals surface area contributed by atoms with Gasteiger partial charge in [0.25, 0.3) is 0 Å². The van der Waals surface area contributed by atoms with Crippen LogP contribution in [0.3, 0.4) is 0 Å². The lowest BCUT2D eigenvalue weighted by Gasteiger charge is -2.27. The molecule has 2 aromatic rings. The first-order valence-corrected chi connectivity index (χ1v) is 11.0. The van der Waals surface area contributed by atoms with Gasteiger partial charge in [-0.1, -0.05) is 54.4 Å². The van der Waals surface area contributed by atoms with E-state index < -0.39 is 11.7 Å². The van der Waals surface area contributed by atoms with Crippen LogP contribution in [-0.4, -0.2) is 29.2 Å². The topological polar surface area (TPSA) is 41.9 Å². The Bertz CT molecular complexity index is 979. The van der Waals surface area contributed by atoms with E-state index in [-0.39, 0.29) is 24.5 Å². The van der Waals surface area contributed by atoms with Gasteiger partial charge in [0.05, 0.1) is 17.8 Å². The second-order valence-corrected chi connectivity index (χ2v) is 8.68. The largest absolute Gasteiger partial charge is 0.416 e. The third-order valence-corrected chi connectivity index (χ3v) is 6.28. The maximum Gasteiger partial charge on any atom is 0.416 e. The van der Waals surface area contributed by atoms with Crippen molar-refractivity contribution >= 4 is 11.6 Å². The van der Waals surface area contributed by atoms with Crippen molar-refractivity contribution in [2.24, 2.45) is 11.1 Å². The van der Waals surface area contributed by atoms with Gasteiger partial charge in [0.1, 0.15) is 0 Å². The fraction of sp³-hybridized carbons (Fsp3) is 0.440. The molecule has 170 valence electrons. The molecule has 1 heterocycles. The van der Waals surface area contributed by atoms with Crippen molar-refractivity contribution in [3.63, 3.8) is 0 Å². The van der Waals surface area contributed by atoms with Crippen LogP contribution in [0.4, 0.5) is 13.2 Å². The maximum atomic E-state index is 13.2. The molecule has 1 aliphatic heterocycles. The minimum absolute atomic E-state index is 0.0254. The summed E-state index contributed by atoms with van der Waals surface area (Å²) in [6, 6.07) is 13.0. The van der Waals surface area contributed by atoms with Crippen molar-refractivity contribution < 1.29 is 22.8 Å². The number of halogens is 3. The van der Waals surface area contributed by atoms with Crippen molar-refractivity contribution in [2.45, 2.75) is 57.9 Å².